The van der Waals surface area contributed by atoms with E-state index in [0.29, 0.717) is 17.0 Å². The molecule has 0 radical (unpaired) electrons. The van der Waals surface area contributed by atoms with E-state index in [4.69, 9.17) is 11.6 Å². The predicted octanol–water partition coefficient (Wildman–Crippen LogP) is 2.96. The number of hydrogen-bond donors (Lipinski definition) is 2. The summed E-state index contributed by atoms with van der Waals surface area (Å²) in [5.41, 5.74) is 3.85. The van der Waals surface area contributed by atoms with Crippen molar-refractivity contribution < 1.29 is 9.18 Å². The van der Waals surface area contributed by atoms with Gasteiger partial charge in [0.1, 0.15) is 11.5 Å². The van der Waals surface area contributed by atoms with Gasteiger partial charge in [0.25, 0.3) is 5.91 Å². The van der Waals surface area contributed by atoms with Crippen LogP contribution >= 0.6 is 11.6 Å². The van der Waals surface area contributed by atoms with Gasteiger partial charge in [-0.15, -0.1) is 0 Å². The highest BCUT2D eigenvalue weighted by Gasteiger charge is 2.07. The number of amides is 1. The number of nitrogens with zero attached hydrogens (tertiary/aromatic N) is 1. The molecule has 2 rings (SSSR count). The Morgan fingerprint density at radius 3 is 2.84 bits per heavy atom. The maximum Gasteiger partial charge on any atom is 0.287 e. The zero-order valence-electron chi connectivity index (χ0n) is 10.1. The average Bonchev–Trinajstić information content (AvgIpc) is 2.89. The van der Waals surface area contributed by atoms with Gasteiger partial charge in [-0.05, 0) is 37.3 Å². The summed E-state index contributed by atoms with van der Waals surface area (Å²) in [6.45, 7) is 1.67. The molecule has 6 heteroatoms. The average molecular weight is 280 g/mol. The number of hydrogen-bond acceptors (Lipinski definition) is 2. The molecule has 0 fully saturated rings. The van der Waals surface area contributed by atoms with Gasteiger partial charge in [-0.1, -0.05) is 11.6 Å². The number of benzene rings is 1. The van der Waals surface area contributed by atoms with Crippen molar-refractivity contribution in [1.82, 2.24) is 10.4 Å². The van der Waals surface area contributed by atoms with E-state index in [9.17, 15) is 9.18 Å². The first-order valence-corrected chi connectivity index (χ1v) is 5.89. The minimum atomic E-state index is -0.419. The fourth-order valence-corrected chi connectivity index (χ4v) is 1.81. The van der Waals surface area contributed by atoms with E-state index < -0.39 is 5.82 Å². The third-order valence-corrected chi connectivity index (χ3v) is 2.80. The van der Waals surface area contributed by atoms with Gasteiger partial charge in [-0.2, -0.15) is 5.10 Å². The van der Waals surface area contributed by atoms with Crippen molar-refractivity contribution >= 4 is 23.2 Å². The van der Waals surface area contributed by atoms with E-state index in [2.05, 4.69) is 15.5 Å². The molecule has 98 valence electrons. The van der Waals surface area contributed by atoms with Crippen LogP contribution in [0.3, 0.4) is 0 Å². The zero-order chi connectivity index (χ0) is 13.8. The molecule has 1 heterocycles. The Bertz CT molecular complexity index is 623. The molecule has 1 aromatic heterocycles. The number of aromatic nitrogens is 1. The molecule has 0 saturated carbocycles. The van der Waals surface area contributed by atoms with Gasteiger partial charge in [0.15, 0.2) is 0 Å². The second-order valence-corrected chi connectivity index (χ2v) is 4.25. The van der Waals surface area contributed by atoms with Crippen LogP contribution in [0, 0.1) is 5.82 Å². The lowest BCUT2D eigenvalue weighted by Crippen LogP contribution is -2.19. The summed E-state index contributed by atoms with van der Waals surface area (Å²) in [6, 6.07) is 7.33. The molecule has 1 aromatic carbocycles. The molecule has 1 amide bonds. The standard InChI is InChI=1S/C13H11ClFN3O/c1-8(10-5-4-9(15)7-11(10)14)17-18-13(19)12-3-2-6-16-12/h2-7,16H,1H3,(H,18,19)/b17-8-. The number of aromatic amines is 1. The molecule has 0 spiro atoms. The van der Waals surface area contributed by atoms with Crippen LogP contribution in [-0.2, 0) is 0 Å². The highest BCUT2D eigenvalue weighted by molar-refractivity contribution is 6.34. The number of carbonyl (C=O) groups excluding carboxylic acids is 1. The third-order valence-electron chi connectivity index (χ3n) is 2.49. The van der Waals surface area contributed by atoms with E-state index >= 15 is 0 Å². The summed E-state index contributed by atoms with van der Waals surface area (Å²) in [5, 5.41) is 4.18. The molecule has 0 bridgehead atoms. The maximum absolute atomic E-state index is 12.9. The Kier molecular flexibility index (Phi) is 3.97. The summed E-state index contributed by atoms with van der Waals surface area (Å²) >= 11 is 5.90. The smallest absolute Gasteiger partial charge is 0.287 e. The first-order chi connectivity index (χ1) is 9.08. The fourth-order valence-electron chi connectivity index (χ4n) is 1.51. The Labute approximate surface area is 114 Å². The van der Waals surface area contributed by atoms with Crippen molar-refractivity contribution in [2.45, 2.75) is 6.92 Å². The van der Waals surface area contributed by atoms with Crippen molar-refractivity contribution in [2.75, 3.05) is 0 Å². The molecule has 2 aromatic rings. The van der Waals surface area contributed by atoms with Crippen molar-refractivity contribution in [1.29, 1.82) is 0 Å². The Morgan fingerprint density at radius 2 is 2.21 bits per heavy atom. The number of halogens is 2. The summed E-state index contributed by atoms with van der Waals surface area (Å²) in [5.74, 6) is -0.778. The van der Waals surface area contributed by atoms with Gasteiger partial charge < -0.3 is 4.98 Å². The number of H-pyrrole nitrogens is 1. The monoisotopic (exact) mass is 279 g/mol. The minimum Gasteiger partial charge on any atom is -0.357 e. The van der Waals surface area contributed by atoms with Crippen LogP contribution in [0.5, 0.6) is 0 Å². The molecule has 2 N–H and O–H groups in total. The Balaban J connectivity index is 2.13. The van der Waals surface area contributed by atoms with E-state index in [-0.39, 0.29) is 10.9 Å². The van der Waals surface area contributed by atoms with Crippen LogP contribution in [0.15, 0.2) is 41.6 Å². The predicted molar refractivity (Wildman–Crippen MR) is 71.9 cm³/mol. The van der Waals surface area contributed by atoms with Gasteiger partial charge in [-0.25, -0.2) is 9.82 Å². The summed E-state index contributed by atoms with van der Waals surface area (Å²) in [4.78, 5) is 14.4. The zero-order valence-corrected chi connectivity index (χ0v) is 10.8. The SMILES string of the molecule is C/C(=N/NC(=O)c1ccc[nH]1)c1ccc(F)cc1Cl. The van der Waals surface area contributed by atoms with Gasteiger partial charge in [0.05, 0.1) is 10.7 Å². The number of hydrazone groups is 1. The van der Waals surface area contributed by atoms with Crippen LogP contribution in [-0.4, -0.2) is 16.6 Å². The van der Waals surface area contributed by atoms with Gasteiger partial charge in [-0.3, -0.25) is 4.79 Å². The lowest BCUT2D eigenvalue weighted by atomic mass is 10.1. The van der Waals surface area contributed by atoms with Crippen molar-refractivity contribution in [3.63, 3.8) is 0 Å². The van der Waals surface area contributed by atoms with E-state index in [0.717, 1.165) is 0 Å². The Hall–Kier alpha value is -2.14. The normalized spacial score (nSPS) is 11.4. The molecule has 0 aliphatic rings. The fraction of sp³-hybridized carbons (Fsp3) is 0.0769. The number of carbonyl (C=O) groups is 1. The largest absolute Gasteiger partial charge is 0.357 e. The molecule has 4 nitrogen and oxygen atoms in total. The molecule has 0 atom stereocenters. The van der Waals surface area contributed by atoms with Crippen LogP contribution in [0.2, 0.25) is 5.02 Å². The summed E-state index contributed by atoms with van der Waals surface area (Å²) < 4.78 is 12.9. The van der Waals surface area contributed by atoms with Crippen LogP contribution in [0.1, 0.15) is 23.0 Å². The quantitative estimate of drug-likeness (QED) is 0.659. The van der Waals surface area contributed by atoms with Gasteiger partial charge >= 0.3 is 0 Å². The van der Waals surface area contributed by atoms with Gasteiger partial charge in [0, 0.05) is 11.8 Å². The Morgan fingerprint density at radius 1 is 1.42 bits per heavy atom. The first kappa shape index (κ1) is 13.3. The van der Waals surface area contributed by atoms with Crippen LogP contribution < -0.4 is 5.43 Å². The molecular formula is C13H11ClFN3O. The maximum atomic E-state index is 12.9. The lowest BCUT2D eigenvalue weighted by molar-refractivity contribution is 0.0950. The van der Waals surface area contributed by atoms with Gasteiger partial charge in [0.2, 0.25) is 0 Å². The highest BCUT2D eigenvalue weighted by Crippen LogP contribution is 2.17. The van der Waals surface area contributed by atoms with E-state index in [1.807, 2.05) is 0 Å². The highest BCUT2D eigenvalue weighted by atomic mass is 35.5. The second-order valence-electron chi connectivity index (χ2n) is 3.85. The van der Waals surface area contributed by atoms with Crippen molar-refractivity contribution in [2.24, 2.45) is 5.10 Å². The molecule has 0 aliphatic carbocycles. The summed E-state index contributed by atoms with van der Waals surface area (Å²) in [7, 11) is 0. The van der Waals surface area contributed by atoms with Crippen molar-refractivity contribution in [3.05, 3.63) is 58.6 Å². The van der Waals surface area contributed by atoms with E-state index in [1.54, 1.807) is 25.3 Å². The molecule has 19 heavy (non-hydrogen) atoms. The number of rotatable bonds is 3. The molecule has 0 aliphatic heterocycles. The summed E-state index contributed by atoms with van der Waals surface area (Å²) in [6.07, 6.45) is 1.64. The topological polar surface area (TPSA) is 57.2 Å². The third kappa shape index (κ3) is 3.20. The van der Waals surface area contributed by atoms with Crippen molar-refractivity contribution in [3.8, 4) is 0 Å². The number of nitrogens with one attached hydrogen (secondary N) is 2. The lowest BCUT2D eigenvalue weighted by Gasteiger charge is -2.04. The second kappa shape index (κ2) is 5.67. The first-order valence-electron chi connectivity index (χ1n) is 5.51. The van der Waals surface area contributed by atoms with Crippen LogP contribution in [0.25, 0.3) is 0 Å². The molecule has 0 unspecified atom stereocenters. The van der Waals surface area contributed by atoms with Crippen LogP contribution in [0.4, 0.5) is 4.39 Å². The minimum absolute atomic E-state index is 0.246. The molecular weight excluding hydrogens is 269 g/mol. The molecule has 0 saturated heterocycles. The van der Waals surface area contributed by atoms with E-state index in [1.165, 1.54) is 18.2 Å².